The SMILES string of the molecule is CC(C)(C)OC(=O)NC1CCOc2c(S(=O)(=O)Cl)ccc(Cl)c21. The molecule has 0 fully saturated rings. The number of ether oxygens (including phenoxy) is 2. The summed E-state index contributed by atoms with van der Waals surface area (Å²) < 4.78 is 34.0. The second kappa shape index (κ2) is 6.37. The van der Waals surface area contributed by atoms with E-state index in [1.165, 1.54) is 12.1 Å². The van der Waals surface area contributed by atoms with Crippen LogP contribution in [0.15, 0.2) is 17.0 Å². The number of amides is 1. The maximum Gasteiger partial charge on any atom is 0.408 e. The van der Waals surface area contributed by atoms with Crippen LogP contribution in [-0.2, 0) is 13.8 Å². The van der Waals surface area contributed by atoms with Crippen molar-refractivity contribution >= 4 is 37.4 Å². The van der Waals surface area contributed by atoms with Crippen molar-refractivity contribution in [3.8, 4) is 5.75 Å². The molecule has 128 valence electrons. The second-order valence-corrected chi connectivity index (χ2v) is 9.00. The number of halogens is 2. The summed E-state index contributed by atoms with van der Waals surface area (Å²) >= 11 is 6.17. The first-order chi connectivity index (χ1) is 10.5. The minimum absolute atomic E-state index is 0.0693. The van der Waals surface area contributed by atoms with Crippen LogP contribution >= 0.6 is 22.3 Å². The zero-order valence-electron chi connectivity index (χ0n) is 12.9. The lowest BCUT2D eigenvalue weighted by molar-refractivity contribution is 0.0490. The van der Waals surface area contributed by atoms with Crippen molar-refractivity contribution in [3.05, 3.63) is 22.7 Å². The standard InChI is InChI=1S/C14H17Cl2NO5S/c1-14(2,3)22-13(18)17-9-6-7-21-12-10(23(16,19)20)5-4-8(15)11(9)12/h4-5,9H,6-7H2,1-3H3,(H,17,18). The van der Waals surface area contributed by atoms with Gasteiger partial charge in [-0.15, -0.1) is 0 Å². The summed E-state index contributed by atoms with van der Waals surface area (Å²) in [5.74, 6) is 0.0693. The molecule has 0 bridgehead atoms. The number of nitrogens with one attached hydrogen (secondary N) is 1. The fourth-order valence-electron chi connectivity index (χ4n) is 2.24. The number of rotatable bonds is 2. The highest BCUT2D eigenvalue weighted by Crippen LogP contribution is 2.42. The van der Waals surface area contributed by atoms with Gasteiger partial charge in [-0.1, -0.05) is 11.6 Å². The predicted molar refractivity (Wildman–Crippen MR) is 86.7 cm³/mol. The maximum atomic E-state index is 12.0. The van der Waals surface area contributed by atoms with Gasteiger partial charge in [-0.3, -0.25) is 0 Å². The van der Waals surface area contributed by atoms with Crippen molar-refractivity contribution in [2.75, 3.05) is 6.61 Å². The van der Waals surface area contributed by atoms with Crippen molar-refractivity contribution in [2.24, 2.45) is 0 Å². The zero-order chi connectivity index (χ0) is 17.4. The molecular weight excluding hydrogens is 365 g/mol. The fraction of sp³-hybridized carbons (Fsp3) is 0.500. The Morgan fingerprint density at radius 1 is 1.39 bits per heavy atom. The first-order valence-corrected chi connectivity index (χ1v) is 9.57. The number of benzene rings is 1. The highest BCUT2D eigenvalue weighted by atomic mass is 35.7. The summed E-state index contributed by atoms with van der Waals surface area (Å²) in [6.45, 7) is 5.45. The first kappa shape index (κ1) is 18.2. The Bertz CT molecular complexity index is 727. The molecule has 1 aliphatic heterocycles. The highest BCUT2D eigenvalue weighted by Gasteiger charge is 2.32. The average molecular weight is 382 g/mol. The number of carbonyl (C=O) groups is 1. The number of hydrogen-bond acceptors (Lipinski definition) is 5. The van der Waals surface area contributed by atoms with E-state index in [1.54, 1.807) is 20.8 Å². The molecule has 2 rings (SSSR count). The van der Waals surface area contributed by atoms with Crippen LogP contribution in [0.2, 0.25) is 5.02 Å². The Kier molecular flexibility index (Phi) is 5.03. The molecule has 1 atom stereocenters. The molecule has 1 aliphatic rings. The minimum atomic E-state index is -4.00. The monoisotopic (exact) mass is 381 g/mol. The van der Waals surface area contributed by atoms with Crippen molar-refractivity contribution in [1.82, 2.24) is 5.32 Å². The Balaban J connectivity index is 2.38. The van der Waals surface area contributed by atoms with Gasteiger partial charge >= 0.3 is 6.09 Å². The van der Waals surface area contributed by atoms with Crippen molar-refractivity contribution in [2.45, 2.75) is 43.7 Å². The number of carbonyl (C=O) groups excluding carboxylic acids is 1. The fourth-order valence-corrected chi connectivity index (χ4v) is 3.50. The summed E-state index contributed by atoms with van der Waals surface area (Å²) in [5, 5.41) is 2.97. The van der Waals surface area contributed by atoms with Gasteiger partial charge in [0, 0.05) is 27.7 Å². The summed E-state index contributed by atoms with van der Waals surface area (Å²) in [6.07, 6.45) is -0.192. The van der Waals surface area contributed by atoms with Gasteiger partial charge in [0.15, 0.2) is 0 Å². The Hall–Kier alpha value is -1.18. The summed E-state index contributed by atoms with van der Waals surface area (Å²) in [5.41, 5.74) is -0.270. The molecule has 1 aromatic carbocycles. The third-order valence-corrected chi connectivity index (χ3v) is 4.74. The van der Waals surface area contributed by atoms with Gasteiger partial charge in [0.05, 0.1) is 12.6 Å². The summed E-state index contributed by atoms with van der Waals surface area (Å²) in [6, 6.07) is 2.16. The summed E-state index contributed by atoms with van der Waals surface area (Å²) in [7, 11) is 1.43. The van der Waals surface area contributed by atoms with E-state index in [-0.39, 0.29) is 22.3 Å². The van der Waals surface area contributed by atoms with Crippen LogP contribution in [0.5, 0.6) is 5.75 Å². The van der Waals surface area contributed by atoms with Gasteiger partial charge < -0.3 is 14.8 Å². The normalized spacial score (nSPS) is 17.9. The van der Waals surface area contributed by atoms with Gasteiger partial charge in [0.1, 0.15) is 16.2 Å². The number of alkyl carbamates (subject to hydrolysis) is 1. The topological polar surface area (TPSA) is 81.7 Å². The molecular formula is C14H17Cl2NO5S. The van der Waals surface area contributed by atoms with E-state index in [9.17, 15) is 13.2 Å². The van der Waals surface area contributed by atoms with Crippen LogP contribution in [0.3, 0.4) is 0 Å². The third kappa shape index (κ3) is 4.43. The van der Waals surface area contributed by atoms with Gasteiger partial charge in [-0.2, -0.15) is 0 Å². The van der Waals surface area contributed by atoms with Crippen LogP contribution in [-0.4, -0.2) is 26.7 Å². The number of hydrogen-bond donors (Lipinski definition) is 1. The van der Waals surface area contributed by atoms with E-state index < -0.39 is 26.8 Å². The minimum Gasteiger partial charge on any atom is -0.492 e. The van der Waals surface area contributed by atoms with Crippen molar-refractivity contribution in [1.29, 1.82) is 0 Å². The van der Waals surface area contributed by atoms with Gasteiger partial charge in [0.2, 0.25) is 0 Å². The molecule has 1 unspecified atom stereocenters. The first-order valence-electron chi connectivity index (χ1n) is 6.88. The molecule has 1 aromatic rings. The second-order valence-electron chi connectivity index (χ2n) is 6.06. The predicted octanol–water partition coefficient (Wildman–Crippen LogP) is 3.62. The molecule has 1 N–H and O–H groups in total. The molecule has 1 amide bonds. The zero-order valence-corrected chi connectivity index (χ0v) is 15.2. The van der Waals surface area contributed by atoms with E-state index in [0.717, 1.165) is 0 Å². The van der Waals surface area contributed by atoms with Crippen LogP contribution < -0.4 is 10.1 Å². The lowest BCUT2D eigenvalue weighted by Gasteiger charge is -2.29. The third-order valence-electron chi connectivity index (χ3n) is 3.06. The Morgan fingerprint density at radius 3 is 2.61 bits per heavy atom. The lowest BCUT2D eigenvalue weighted by atomic mass is 10.0. The molecule has 0 saturated carbocycles. The molecule has 0 spiro atoms. The van der Waals surface area contributed by atoms with Gasteiger partial charge in [-0.25, -0.2) is 13.2 Å². The van der Waals surface area contributed by atoms with E-state index in [4.69, 9.17) is 31.8 Å². The van der Waals surface area contributed by atoms with Crippen LogP contribution in [0.1, 0.15) is 38.8 Å². The van der Waals surface area contributed by atoms with Crippen molar-refractivity contribution in [3.63, 3.8) is 0 Å². The summed E-state index contributed by atoms with van der Waals surface area (Å²) in [4.78, 5) is 11.8. The molecule has 0 radical (unpaired) electrons. The molecule has 0 aliphatic carbocycles. The largest absolute Gasteiger partial charge is 0.492 e. The van der Waals surface area contributed by atoms with Crippen LogP contribution in [0.25, 0.3) is 0 Å². The van der Waals surface area contributed by atoms with Crippen LogP contribution in [0, 0.1) is 0 Å². The van der Waals surface area contributed by atoms with Gasteiger partial charge in [-0.05, 0) is 32.9 Å². The molecule has 0 saturated heterocycles. The van der Waals surface area contributed by atoms with E-state index in [0.29, 0.717) is 12.0 Å². The Labute approximate surface area is 144 Å². The molecule has 1 heterocycles. The quantitative estimate of drug-likeness (QED) is 0.791. The lowest BCUT2D eigenvalue weighted by Crippen LogP contribution is -2.37. The number of fused-ring (bicyclic) bond motifs is 1. The Morgan fingerprint density at radius 2 is 2.04 bits per heavy atom. The van der Waals surface area contributed by atoms with Crippen molar-refractivity contribution < 1.29 is 22.7 Å². The molecule has 9 heteroatoms. The molecule has 23 heavy (non-hydrogen) atoms. The van der Waals surface area contributed by atoms with Gasteiger partial charge in [0.25, 0.3) is 9.05 Å². The van der Waals surface area contributed by atoms with E-state index in [2.05, 4.69) is 5.32 Å². The highest BCUT2D eigenvalue weighted by molar-refractivity contribution is 8.13. The molecule has 6 nitrogen and oxygen atoms in total. The average Bonchev–Trinajstić information content (AvgIpc) is 2.35. The van der Waals surface area contributed by atoms with Crippen LogP contribution in [0.4, 0.5) is 4.79 Å². The smallest absolute Gasteiger partial charge is 0.408 e. The maximum absolute atomic E-state index is 12.0. The van der Waals surface area contributed by atoms with E-state index in [1.807, 2.05) is 0 Å². The van der Waals surface area contributed by atoms with E-state index >= 15 is 0 Å². The molecule has 0 aromatic heterocycles.